The Hall–Kier alpha value is -3.15. The monoisotopic (exact) mass is 324 g/mol. The van der Waals surface area contributed by atoms with E-state index in [4.69, 9.17) is 4.74 Å². The molecule has 122 valence electrons. The van der Waals surface area contributed by atoms with Gasteiger partial charge < -0.3 is 10.1 Å². The van der Waals surface area contributed by atoms with Gasteiger partial charge in [-0.2, -0.15) is 0 Å². The molecule has 0 spiro atoms. The van der Waals surface area contributed by atoms with Crippen molar-refractivity contribution in [3.63, 3.8) is 0 Å². The zero-order valence-corrected chi connectivity index (χ0v) is 13.7. The second-order valence-electron chi connectivity index (χ2n) is 5.50. The number of amides is 1. The number of benzene rings is 1. The molecular formula is C18H18N3O3+. The number of pyridine rings is 1. The normalized spacial score (nSPS) is 10.6. The predicted molar refractivity (Wildman–Crippen MR) is 89.7 cm³/mol. The van der Waals surface area contributed by atoms with Gasteiger partial charge >= 0.3 is 5.97 Å². The molecule has 0 saturated carbocycles. The second kappa shape index (κ2) is 6.16. The van der Waals surface area contributed by atoms with Crippen molar-refractivity contribution in [2.24, 2.45) is 7.05 Å². The molecule has 3 rings (SSSR count). The molecule has 0 bridgehead atoms. The van der Waals surface area contributed by atoms with Gasteiger partial charge in [0.15, 0.2) is 5.69 Å². The lowest BCUT2D eigenvalue weighted by Crippen LogP contribution is -2.19. The number of nitrogens with zero attached hydrogens (tertiary/aromatic N) is 2. The molecule has 2 aromatic heterocycles. The number of methoxy groups -OCH3 is 1. The van der Waals surface area contributed by atoms with Crippen LogP contribution in [-0.2, 0) is 16.6 Å². The number of carbonyl (C=O) groups is 2. The lowest BCUT2D eigenvalue weighted by atomic mass is 10.1. The van der Waals surface area contributed by atoms with Crippen LogP contribution in [-0.4, -0.2) is 23.6 Å². The van der Waals surface area contributed by atoms with Crippen LogP contribution < -0.4 is 9.72 Å². The largest absolute Gasteiger partial charge is 0.465 e. The first kappa shape index (κ1) is 15.7. The smallest absolute Gasteiger partial charge is 0.338 e. The van der Waals surface area contributed by atoms with Crippen LogP contribution in [0.3, 0.4) is 0 Å². The number of ether oxygens (including phenoxy) is 1. The third-order valence-corrected chi connectivity index (χ3v) is 3.85. The molecule has 6 nitrogen and oxygen atoms in total. The number of carbonyl (C=O) groups excluding carboxylic acids is 2. The zero-order chi connectivity index (χ0) is 17.3. The van der Waals surface area contributed by atoms with Gasteiger partial charge in [0.25, 0.3) is 5.65 Å². The summed E-state index contributed by atoms with van der Waals surface area (Å²) in [6, 6.07) is 11.1. The molecule has 0 aliphatic rings. The second-order valence-corrected chi connectivity index (χ2v) is 5.50. The number of rotatable bonds is 3. The van der Waals surface area contributed by atoms with E-state index in [0.717, 1.165) is 22.6 Å². The van der Waals surface area contributed by atoms with Crippen molar-refractivity contribution in [2.75, 3.05) is 12.4 Å². The van der Waals surface area contributed by atoms with E-state index in [1.54, 1.807) is 12.1 Å². The number of nitrogens with one attached hydrogen (secondary N) is 1. The molecule has 1 amide bonds. The number of imidazole rings is 1. The van der Waals surface area contributed by atoms with Gasteiger partial charge in [0.05, 0.1) is 25.9 Å². The van der Waals surface area contributed by atoms with Gasteiger partial charge in [0.2, 0.25) is 5.91 Å². The Bertz CT molecular complexity index is 927. The zero-order valence-electron chi connectivity index (χ0n) is 13.7. The molecule has 2 heterocycles. The minimum atomic E-state index is -0.361. The Morgan fingerprint density at radius 2 is 1.88 bits per heavy atom. The van der Waals surface area contributed by atoms with Crippen LogP contribution >= 0.6 is 0 Å². The molecule has 0 atom stereocenters. The Balaban J connectivity index is 2.02. The summed E-state index contributed by atoms with van der Waals surface area (Å²) in [5, 5.41) is 2.75. The lowest BCUT2D eigenvalue weighted by molar-refractivity contribution is -0.510. The molecule has 3 aromatic rings. The van der Waals surface area contributed by atoms with Crippen molar-refractivity contribution < 1.29 is 18.7 Å². The van der Waals surface area contributed by atoms with Gasteiger partial charge in [-0.25, -0.2) is 13.8 Å². The first-order valence-corrected chi connectivity index (χ1v) is 7.46. The third kappa shape index (κ3) is 2.86. The van der Waals surface area contributed by atoms with E-state index in [9.17, 15) is 9.59 Å². The average molecular weight is 324 g/mol. The number of anilines is 1. The van der Waals surface area contributed by atoms with Gasteiger partial charge in [-0.1, -0.05) is 0 Å². The van der Waals surface area contributed by atoms with Crippen molar-refractivity contribution >= 4 is 23.2 Å². The highest BCUT2D eigenvalue weighted by atomic mass is 16.5. The van der Waals surface area contributed by atoms with Crippen LogP contribution in [0.1, 0.15) is 17.3 Å². The molecule has 24 heavy (non-hydrogen) atoms. The summed E-state index contributed by atoms with van der Waals surface area (Å²) in [5.41, 5.74) is 4.14. The summed E-state index contributed by atoms with van der Waals surface area (Å²) in [6.45, 7) is 1.48. The first-order valence-electron chi connectivity index (χ1n) is 7.46. The molecule has 0 radical (unpaired) electrons. The fourth-order valence-electron chi connectivity index (χ4n) is 2.66. The Morgan fingerprint density at radius 3 is 2.50 bits per heavy atom. The van der Waals surface area contributed by atoms with Gasteiger partial charge in [-0.3, -0.25) is 4.79 Å². The van der Waals surface area contributed by atoms with Crippen molar-refractivity contribution in [3.05, 3.63) is 54.4 Å². The number of fused-ring (bicyclic) bond motifs is 1. The highest BCUT2D eigenvalue weighted by molar-refractivity contribution is 5.90. The van der Waals surface area contributed by atoms with Crippen molar-refractivity contribution in [2.45, 2.75) is 6.92 Å². The van der Waals surface area contributed by atoms with Crippen LogP contribution in [0.2, 0.25) is 0 Å². The van der Waals surface area contributed by atoms with E-state index < -0.39 is 0 Å². The molecule has 1 aromatic carbocycles. The summed E-state index contributed by atoms with van der Waals surface area (Å²) in [5.74, 6) is -0.460. The Labute approximate surface area is 139 Å². The van der Waals surface area contributed by atoms with Crippen molar-refractivity contribution in [1.29, 1.82) is 0 Å². The maximum atomic E-state index is 11.7. The van der Waals surface area contributed by atoms with E-state index in [-0.39, 0.29) is 11.9 Å². The first-order chi connectivity index (χ1) is 11.5. The van der Waals surface area contributed by atoms with Crippen LogP contribution in [0.4, 0.5) is 5.69 Å². The van der Waals surface area contributed by atoms with Gasteiger partial charge in [-0.15, -0.1) is 0 Å². The van der Waals surface area contributed by atoms with Crippen LogP contribution in [0.5, 0.6) is 0 Å². The van der Waals surface area contributed by atoms with Crippen LogP contribution in [0, 0.1) is 0 Å². The minimum absolute atomic E-state index is 0.0988. The van der Waals surface area contributed by atoms with Crippen LogP contribution in [0.15, 0.2) is 48.8 Å². The quantitative estimate of drug-likeness (QED) is 0.593. The number of esters is 1. The Kier molecular flexibility index (Phi) is 4.04. The topological polar surface area (TPSA) is 64.4 Å². The third-order valence-electron chi connectivity index (χ3n) is 3.85. The van der Waals surface area contributed by atoms with E-state index in [1.165, 1.54) is 14.0 Å². The summed E-state index contributed by atoms with van der Waals surface area (Å²) in [4.78, 5) is 22.8. The summed E-state index contributed by atoms with van der Waals surface area (Å²) in [6.07, 6.45) is 3.82. The molecule has 0 saturated heterocycles. The van der Waals surface area contributed by atoms with Crippen molar-refractivity contribution in [3.8, 4) is 11.3 Å². The lowest BCUT2D eigenvalue weighted by Gasteiger charge is -2.02. The maximum absolute atomic E-state index is 11.7. The maximum Gasteiger partial charge on any atom is 0.338 e. The standard InChI is InChI=1S/C18H17N3O3/c1-12(22)19-15-6-4-13(5-7-15)16-11-21-9-8-14(18(23)24-3)10-17(21)20(16)2/h4-11H,1-3H3/p+1. The molecular weight excluding hydrogens is 306 g/mol. The number of aromatic nitrogens is 2. The van der Waals surface area contributed by atoms with E-state index in [1.807, 2.05) is 52.7 Å². The Morgan fingerprint density at radius 1 is 1.17 bits per heavy atom. The fourth-order valence-corrected chi connectivity index (χ4v) is 2.66. The highest BCUT2D eigenvalue weighted by Gasteiger charge is 2.18. The minimum Gasteiger partial charge on any atom is -0.465 e. The van der Waals surface area contributed by atoms with Gasteiger partial charge in [0, 0.05) is 24.2 Å². The fraction of sp³-hybridized carbons (Fsp3) is 0.167. The highest BCUT2D eigenvalue weighted by Crippen LogP contribution is 2.22. The predicted octanol–water partition coefficient (Wildman–Crippen LogP) is 2.18. The molecule has 6 heteroatoms. The van der Waals surface area contributed by atoms with E-state index in [0.29, 0.717) is 5.56 Å². The molecule has 0 unspecified atom stereocenters. The number of aryl methyl sites for hydroxylation is 1. The summed E-state index contributed by atoms with van der Waals surface area (Å²) >= 11 is 0. The molecule has 0 aliphatic carbocycles. The number of hydrogen-bond acceptors (Lipinski definition) is 3. The molecule has 0 aliphatic heterocycles. The van der Waals surface area contributed by atoms with Crippen molar-refractivity contribution in [1.82, 2.24) is 4.57 Å². The van der Waals surface area contributed by atoms with Gasteiger partial charge in [0.1, 0.15) is 6.20 Å². The van der Waals surface area contributed by atoms with E-state index in [2.05, 4.69) is 5.32 Å². The van der Waals surface area contributed by atoms with Crippen LogP contribution in [0.25, 0.3) is 16.9 Å². The summed E-state index contributed by atoms with van der Waals surface area (Å²) in [7, 11) is 3.31. The average Bonchev–Trinajstić information content (AvgIpc) is 2.91. The summed E-state index contributed by atoms with van der Waals surface area (Å²) < 4.78 is 8.72. The molecule has 1 N–H and O–H groups in total. The van der Waals surface area contributed by atoms with Gasteiger partial charge in [-0.05, 0) is 30.3 Å². The molecule has 0 fully saturated rings. The van der Waals surface area contributed by atoms with E-state index >= 15 is 0 Å². The number of hydrogen-bond donors (Lipinski definition) is 1. The SMILES string of the molecule is COC(=O)c1cc[n+]2cc(-c3ccc(NC(C)=O)cc3)n(C)c2c1.